The van der Waals surface area contributed by atoms with Gasteiger partial charge in [0.2, 0.25) is 0 Å². The number of aromatic nitrogens is 4. The number of carbonyl (C=O) groups excluding carboxylic acids is 1. The molecule has 132 valence electrons. The lowest BCUT2D eigenvalue weighted by atomic mass is 10.1. The molecule has 0 radical (unpaired) electrons. The Labute approximate surface area is 145 Å². The van der Waals surface area contributed by atoms with Crippen LogP contribution >= 0.6 is 0 Å². The van der Waals surface area contributed by atoms with Crippen molar-refractivity contribution in [1.82, 2.24) is 19.6 Å². The molecule has 0 bridgehead atoms. The summed E-state index contributed by atoms with van der Waals surface area (Å²) in [4.78, 5) is 12.0. The molecule has 3 aromatic rings. The van der Waals surface area contributed by atoms with Gasteiger partial charge in [0, 0.05) is 23.3 Å². The monoisotopic (exact) mass is 342 g/mol. The smallest absolute Gasteiger partial charge is 0.327 e. The van der Waals surface area contributed by atoms with Crippen molar-refractivity contribution in [3.05, 3.63) is 42.4 Å². The molecule has 1 aromatic carbocycles. The molecule has 7 nitrogen and oxygen atoms in total. The van der Waals surface area contributed by atoms with Crippen LogP contribution in [-0.2, 0) is 16.1 Å². The number of rotatable bonds is 7. The molecule has 0 unspecified atom stereocenters. The van der Waals surface area contributed by atoms with Crippen LogP contribution in [0.25, 0.3) is 16.6 Å². The third kappa shape index (κ3) is 3.71. The summed E-state index contributed by atoms with van der Waals surface area (Å²) in [5, 5.41) is 19.6. The molecule has 0 saturated carbocycles. The Hall–Kier alpha value is -2.67. The van der Waals surface area contributed by atoms with Crippen molar-refractivity contribution in [3.8, 4) is 5.69 Å². The van der Waals surface area contributed by atoms with Gasteiger partial charge in [-0.1, -0.05) is 13.3 Å². The molecule has 7 heteroatoms. The highest BCUT2D eigenvalue weighted by Gasteiger charge is 2.16. The van der Waals surface area contributed by atoms with E-state index in [0.29, 0.717) is 6.61 Å². The van der Waals surface area contributed by atoms with Crippen molar-refractivity contribution in [2.75, 3.05) is 6.61 Å². The summed E-state index contributed by atoms with van der Waals surface area (Å²) in [5.41, 5.74) is 2.29. The van der Waals surface area contributed by atoms with Crippen LogP contribution in [-0.4, -0.2) is 37.2 Å². The highest BCUT2D eigenvalue weighted by Crippen LogP contribution is 2.27. The average molecular weight is 342 g/mol. The summed E-state index contributed by atoms with van der Waals surface area (Å²) in [6, 6.07) is 5.59. The number of fused-ring (bicyclic) bond motifs is 1. The molecule has 0 aliphatic carbocycles. The van der Waals surface area contributed by atoms with Crippen LogP contribution in [0.15, 0.2) is 36.8 Å². The second kappa shape index (κ2) is 7.48. The van der Waals surface area contributed by atoms with Crippen molar-refractivity contribution in [1.29, 1.82) is 0 Å². The van der Waals surface area contributed by atoms with Gasteiger partial charge < -0.3 is 9.84 Å². The van der Waals surface area contributed by atoms with E-state index in [9.17, 15) is 9.90 Å². The molecule has 0 amide bonds. The number of aliphatic hydroxyl groups excluding tert-OH is 1. The second-order valence-corrected chi connectivity index (χ2v) is 5.97. The SMILES string of the molecule is CCCCOC(=O)Cn1ncc2cc(-n3cccn3)c([C@@H](C)O)cc21. The third-order valence-electron chi connectivity index (χ3n) is 4.03. The van der Waals surface area contributed by atoms with Gasteiger partial charge in [-0.2, -0.15) is 10.2 Å². The molecule has 0 aliphatic heterocycles. The zero-order valence-electron chi connectivity index (χ0n) is 14.4. The standard InChI is InChI=1S/C18H22N4O3/c1-3-4-8-25-18(24)12-22-16-10-15(13(2)23)17(9-14(16)11-20-22)21-7-5-6-19-21/h5-7,9-11,13,23H,3-4,8,12H2,1-2H3/t13-/m1/s1. The predicted octanol–water partition coefficient (Wildman–Crippen LogP) is 2.62. The third-order valence-corrected chi connectivity index (χ3v) is 4.03. The van der Waals surface area contributed by atoms with E-state index in [-0.39, 0.29) is 12.5 Å². The van der Waals surface area contributed by atoms with E-state index in [1.165, 1.54) is 0 Å². The maximum absolute atomic E-state index is 12.0. The van der Waals surface area contributed by atoms with Crippen molar-refractivity contribution < 1.29 is 14.6 Å². The largest absolute Gasteiger partial charge is 0.464 e. The van der Waals surface area contributed by atoms with Gasteiger partial charge in [0.1, 0.15) is 6.54 Å². The van der Waals surface area contributed by atoms with Gasteiger partial charge in [-0.25, -0.2) is 4.68 Å². The van der Waals surface area contributed by atoms with Crippen LogP contribution in [0.1, 0.15) is 38.4 Å². The van der Waals surface area contributed by atoms with E-state index < -0.39 is 6.10 Å². The first kappa shape index (κ1) is 17.2. The fraction of sp³-hybridized carbons (Fsp3) is 0.389. The molecular formula is C18H22N4O3. The lowest BCUT2D eigenvalue weighted by Crippen LogP contribution is -2.15. The first-order valence-corrected chi connectivity index (χ1v) is 8.43. The van der Waals surface area contributed by atoms with Crippen molar-refractivity contribution >= 4 is 16.9 Å². The number of carbonyl (C=O) groups is 1. The number of benzene rings is 1. The minimum atomic E-state index is -0.677. The first-order chi connectivity index (χ1) is 12.1. The molecule has 0 spiro atoms. The lowest BCUT2D eigenvalue weighted by Gasteiger charge is -2.13. The maximum atomic E-state index is 12.0. The van der Waals surface area contributed by atoms with Gasteiger partial charge >= 0.3 is 5.97 Å². The molecule has 2 heterocycles. The zero-order chi connectivity index (χ0) is 17.8. The first-order valence-electron chi connectivity index (χ1n) is 8.43. The van der Waals surface area contributed by atoms with Gasteiger partial charge in [-0.15, -0.1) is 0 Å². The van der Waals surface area contributed by atoms with Gasteiger partial charge in [0.15, 0.2) is 0 Å². The lowest BCUT2D eigenvalue weighted by molar-refractivity contribution is -0.144. The van der Waals surface area contributed by atoms with Crippen molar-refractivity contribution in [2.24, 2.45) is 0 Å². The molecule has 0 fully saturated rings. The van der Waals surface area contributed by atoms with Gasteiger partial charge in [-0.3, -0.25) is 9.48 Å². The van der Waals surface area contributed by atoms with Crippen molar-refractivity contribution in [3.63, 3.8) is 0 Å². The van der Waals surface area contributed by atoms with Crippen LogP contribution < -0.4 is 0 Å². The van der Waals surface area contributed by atoms with E-state index >= 15 is 0 Å². The van der Waals surface area contributed by atoms with E-state index in [0.717, 1.165) is 35.0 Å². The summed E-state index contributed by atoms with van der Waals surface area (Å²) in [6.07, 6.45) is 6.36. The number of esters is 1. The molecule has 0 aliphatic rings. The molecule has 1 N–H and O–H groups in total. The minimum absolute atomic E-state index is 0.0492. The number of hydrogen-bond acceptors (Lipinski definition) is 5. The Bertz CT molecular complexity index is 853. The average Bonchev–Trinajstić information content (AvgIpc) is 3.24. The summed E-state index contributed by atoms with van der Waals surface area (Å²) in [6.45, 7) is 4.22. The molecule has 25 heavy (non-hydrogen) atoms. The summed E-state index contributed by atoms with van der Waals surface area (Å²) in [5.74, 6) is -0.312. The number of aliphatic hydroxyl groups is 1. The number of hydrogen-bond donors (Lipinski definition) is 1. The molecule has 3 rings (SSSR count). The van der Waals surface area contributed by atoms with Gasteiger partial charge in [0.05, 0.1) is 30.1 Å². The summed E-state index contributed by atoms with van der Waals surface area (Å²) < 4.78 is 8.51. The van der Waals surface area contributed by atoms with E-state index in [4.69, 9.17) is 4.74 Å². The molecule has 2 aromatic heterocycles. The predicted molar refractivity (Wildman–Crippen MR) is 93.4 cm³/mol. The van der Waals surface area contributed by atoms with Gasteiger partial charge in [-0.05, 0) is 31.5 Å². The topological polar surface area (TPSA) is 82.2 Å². The van der Waals surface area contributed by atoms with Crippen LogP contribution in [0.5, 0.6) is 0 Å². The normalized spacial score (nSPS) is 12.4. The maximum Gasteiger partial charge on any atom is 0.327 e. The van der Waals surface area contributed by atoms with E-state index in [1.807, 2.05) is 31.3 Å². The Balaban J connectivity index is 1.92. The Kier molecular flexibility index (Phi) is 5.14. The number of unbranched alkanes of at least 4 members (excludes halogenated alkanes) is 1. The number of ether oxygens (including phenoxy) is 1. The van der Waals surface area contributed by atoms with Crippen LogP contribution in [0.4, 0.5) is 0 Å². The molecular weight excluding hydrogens is 320 g/mol. The summed E-state index contributed by atoms with van der Waals surface area (Å²) >= 11 is 0. The zero-order valence-corrected chi connectivity index (χ0v) is 14.4. The highest BCUT2D eigenvalue weighted by atomic mass is 16.5. The van der Waals surface area contributed by atoms with Crippen molar-refractivity contribution in [2.45, 2.75) is 39.3 Å². The molecule has 0 saturated heterocycles. The quantitative estimate of drug-likeness (QED) is 0.527. The van der Waals surface area contributed by atoms with Crippen LogP contribution in [0, 0.1) is 0 Å². The van der Waals surface area contributed by atoms with E-state index in [1.54, 1.807) is 28.7 Å². The molecule has 1 atom stereocenters. The Morgan fingerprint density at radius 3 is 2.88 bits per heavy atom. The van der Waals surface area contributed by atoms with E-state index in [2.05, 4.69) is 10.2 Å². The fourth-order valence-electron chi connectivity index (χ4n) is 2.70. The Morgan fingerprint density at radius 2 is 2.20 bits per heavy atom. The second-order valence-electron chi connectivity index (χ2n) is 5.97. The highest BCUT2D eigenvalue weighted by molar-refractivity contribution is 5.84. The van der Waals surface area contributed by atoms with Crippen LogP contribution in [0.2, 0.25) is 0 Å². The fourth-order valence-corrected chi connectivity index (χ4v) is 2.70. The summed E-state index contributed by atoms with van der Waals surface area (Å²) in [7, 11) is 0. The minimum Gasteiger partial charge on any atom is -0.464 e. The Morgan fingerprint density at radius 1 is 1.36 bits per heavy atom. The van der Waals surface area contributed by atoms with Gasteiger partial charge in [0.25, 0.3) is 0 Å². The number of nitrogens with zero attached hydrogens (tertiary/aromatic N) is 4. The van der Waals surface area contributed by atoms with Crippen LogP contribution in [0.3, 0.4) is 0 Å².